The number of hydrogen-bond donors (Lipinski definition) is 4. The van der Waals surface area contributed by atoms with Crippen molar-refractivity contribution in [2.45, 2.75) is 94.6 Å². The molecule has 3 saturated heterocycles. The van der Waals surface area contributed by atoms with Crippen LogP contribution in [-0.2, 0) is 22.2 Å². The number of urea groups is 1. The van der Waals surface area contributed by atoms with Crippen LogP contribution in [-0.4, -0.2) is 121 Å². The van der Waals surface area contributed by atoms with Gasteiger partial charge in [0.1, 0.15) is 23.8 Å². The van der Waals surface area contributed by atoms with Crippen molar-refractivity contribution in [3.63, 3.8) is 0 Å². The van der Waals surface area contributed by atoms with Crippen LogP contribution >= 0.6 is 11.6 Å². The van der Waals surface area contributed by atoms with E-state index in [0.29, 0.717) is 42.7 Å². The second-order valence-electron chi connectivity index (χ2n) is 21.1. The summed E-state index contributed by atoms with van der Waals surface area (Å²) in [6.45, 7) is 6.96. The van der Waals surface area contributed by atoms with Crippen LogP contribution in [0.15, 0.2) is 66.7 Å². The Morgan fingerprint density at radius 2 is 1.68 bits per heavy atom. The van der Waals surface area contributed by atoms with Crippen LogP contribution in [0.1, 0.15) is 110 Å². The number of piperidine rings is 2. The van der Waals surface area contributed by atoms with Crippen molar-refractivity contribution >= 4 is 52.1 Å². The summed E-state index contributed by atoms with van der Waals surface area (Å²) in [5.41, 5.74) is 2.31. The van der Waals surface area contributed by atoms with Crippen molar-refractivity contribution < 1.29 is 42.5 Å². The number of aromatic nitrogens is 2. The summed E-state index contributed by atoms with van der Waals surface area (Å²) in [5.74, 6) is -1.24. The number of aliphatic hydroxyl groups excluding tert-OH is 1. The summed E-state index contributed by atoms with van der Waals surface area (Å²) in [4.78, 5) is 57.7. The van der Waals surface area contributed by atoms with Gasteiger partial charge in [0, 0.05) is 99.1 Å². The van der Waals surface area contributed by atoms with Gasteiger partial charge < -0.3 is 35.0 Å². The fourth-order valence-corrected chi connectivity index (χ4v) is 12.9. The summed E-state index contributed by atoms with van der Waals surface area (Å²) in [5, 5.41) is 23.3. The van der Waals surface area contributed by atoms with Gasteiger partial charge >= 0.3 is 6.03 Å². The molecule has 4 aliphatic heterocycles. The summed E-state index contributed by atoms with van der Waals surface area (Å²) < 4.78 is 46.8. The van der Waals surface area contributed by atoms with Gasteiger partial charge in [-0.2, -0.15) is 5.10 Å². The number of nitrogens with one attached hydrogen (secondary N) is 3. The molecular formula is C57H67ClF2N8O7. The predicted molar refractivity (Wildman–Crippen MR) is 282 cm³/mol. The molecule has 18 heteroatoms. The molecule has 4 fully saturated rings. The van der Waals surface area contributed by atoms with Gasteiger partial charge in [-0.15, -0.1) is 0 Å². The number of likely N-dealkylation sites (tertiary alicyclic amines) is 2. The minimum atomic E-state index is -1.02. The van der Waals surface area contributed by atoms with E-state index in [-0.39, 0.29) is 76.6 Å². The Hall–Kier alpha value is -6.14. The van der Waals surface area contributed by atoms with Crippen LogP contribution in [0.5, 0.6) is 11.5 Å². The molecule has 5 aliphatic rings. The topological polar surface area (TPSA) is 171 Å². The molecule has 0 unspecified atom stereocenters. The molecule has 4 N–H and O–H groups in total. The lowest BCUT2D eigenvalue weighted by atomic mass is 9.75. The molecule has 1 aliphatic carbocycles. The van der Waals surface area contributed by atoms with E-state index in [0.717, 1.165) is 101 Å². The molecule has 75 heavy (non-hydrogen) atoms. The second kappa shape index (κ2) is 22.2. The zero-order valence-corrected chi connectivity index (χ0v) is 43.7. The van der Waals surface area contributed by atoms with E-state index in [4.69, 9.17) is 21.1 Å². The number of hydrogen-bond acceptors (Lipinski definition) is 10. The Kier molecular flexibility index (Phi) is 15.5. The van der Waals surface area contributed by atoms with Crippen molar-refractivity contribution in [2.75, 3.05) is 71.0 Å². The smallest absolute Gasteiger partial charge is 0.329 e. The number of carbonyl (C=O) groups is 4. The molecular weight excluding hydrogens is 982 g/mol. The third-order valence-corrected chi connectivity index (χ3v) is 17.1. The Bertz CT molecular complexity index is 2950. The number of rotatable bonds is 15. The van der Waals surface area contributed by atoms with E-state index < -0.39 is 35.1 Å². The van der Waals surface area contributed by atoms with Crippen molar-refractivity contribution in [1.82, 2.24) is 35.5 Å². The number of nitrogens with zero attached hydrogens (tertiary/aromatic N) is 5. The fourth-order valence-electron chi connectivity index (χ4n) is 12.6. The first-order chi connectivity index (χ1) is 36.3. The van der Waals surface area contributed by atoms with Gasteiger partial charge in [0.05, 0.1) is 22.7 Å². The number of amides is 5. The zero-order valence-electron chi connectivity index (χ0n) is 42.9. The average molecular weight is 1050 g/mol. The average Bonchev–Trinajstić information content (AvgIpc) is 3.93. The molecule has 5 aromatic rings. The quantitative estimate of drug-likeness (QED) is 0.0799. The van der Waals surface area contributed by atoms with Gasteiger partial charge in [-0.1, -0.05) is 54.9 Å². The number of aryl methyl sites for hydroxylation is 1. The maximum atomic E-state index is 16.6. The molecule has 0 radical (unpaired) electrons. The third-order valence-electron chi connectivity index (χ3n) is 16.8. The number of fused-ring (bicyclic) bond motifs is 2. The van der Waals surface area contributed by atoms with Crippen LogP contribution in [0.2, 0.25) is 5.02 Å². The third kappa shape index (κ3) is 10.3. The number of carbonyl (C=O) groups excluding carboxylic acids is 4. The fraction of sp³-hybridized carbons (Fsp3) is 0.491. The first-order valence-corrected chi connectivity index (χ1v) is 27.0. The van der Waals surface area contributed by atoms with Crippen LogP contribution in [0, 0.1) is 23.5 Å². The summed E-state index contributed by atoms with van der Waals surface area (Å²) in [6.07, 6.45) is 8.20. The van der Waals surface area contributed by atoms with Crippen molar-refractivity contribution in [3.8, 4) is 22.6 Å². The van der Waals surface area contributed by atoms with E-state index in [9.17, 15) is 24.3 Å². The van der Waals surface area contributed by atoms with Crippen LogP contribution in [0.3, 0.4) is 0 Å². The first kappa shape index (κ1) is 52.3. The largest absolute Gasteiger partial charge is 0.488 e. The Balaban J connectivity index is 0.717. The van der Waals surface area contributed by atoms with E-state index in [1.165, 1.54) is 30.8 Å². The zero-order chi connectivity index (χ0) is 52.5. The van der Waals surface area contributed by atoms with E-state index in [1.54, 1.807) is 4.90 Å². The Morgan fingerprint density at radius 1 is 0.933 bits per heavy atom. The maximum absolute atomic E-state index is 16.6. The standard InChI is InChI=1S/C57H67ClF2N8O7/c1-34-48-46(32-43(59)51(58)50(48)49-42(54(71)61-2)15-16-45(52(49)60)74-30-29-69)75-57(34,39-7-5-4-6-8-39)22-23-62-40-12-9-37(10-13-40)55(72)67-26-17-35(18-27-67)33-66-24-19-36(20-25-66)38-11-14-41-44(31-38)65(3)64-53(41)68-28-21-47(70)63-56(68)73/h4-8,11,14-16,31-32,34-37,40,62,69H,9-10,12-13,17-30,33H2,1-3H3,(H,61,71)(H,63,70,73)/t34-,37?,40?,57-/m0/s1. The summed E-state index contributed by atoms with van der Waals surface area (Å²) >= 11 is 6.79. The molecule has 2 atom stereocenters. The maximum Gasteiger partial charge on any atom is 0.329 e. The van der Waals surface area contributed by atoms with Crippen LogP contribution < -0.4 is 30.3 Å². The minimum Gasteiger partial charge on any atom is -0.488 e. The highest BCUT2D eigenvalue weighted by Crippen LogP contribution is 2.58. The Labute approximate surface area is 441 Å². The van der Waals surface area contributed by atoms with Gasteiger partial charge in [0.15, 0.2) is 17.4 Å². The van der Waals surface area contributed by atoms with Crippen LogP contribution in [0.4, 0.5) is 19.4 Å². The predicted octanol–water partition coefficient (Wildman–Crippen LogP) is 8.40. The van der Waals surface area contributed by atoms with Crippen molar-refractivity contribution in [3.05, 3.63) is 106 Å². The second-order valence-corrected chi connectivity index (χ2v) is 21.4. The summed E-state index contributed by atoms with van der Waals surface area (Å²) in [7, 11) is 3.32. The molecule has 398 valence electrons. The van der Waals surface area contributed by atoms with Crippen LogP contribution in [0.25, 0.3) is 22.0 Å². The molecule has 1 saturated carbocycles. The highest BCUT2D eigenvalue weighted by atomic mass is 35.5. The molecule has 15 nitrogen and oxygen atoms in total. The number of imide groups is 1. The van der Waals surface area contributed by atoms with E-state index in [1.807, 2.05) is 49.0 Å². The van der Waals surface area contributed by atoms with Gasteiger partial charge in [-0.25, -0.2) is 13.6 Å². The number of halogens is 3. The first-order valence-electron chi connectivity index (χ1n) is 26.7. The van der Waals surface area contributed by atoms with Gasteiger partial charge in [0.25, 0.3) is 5.91 Å². The highest BCUT2D eigenvalue weighted by molar-refractivity contribution is 6.34. The molecule has 0 spiro atoms. The number of anilines is 1. The molecule has 0 bridgehead atoms. The van der Waals surface area contributed by atoms with E-state index in [2.05, 4.69) is 49.0 Å². The lowest BCUT2D eigenvalue weighted by molar-refractivity contribution is -0.138. The normalized spacial score (nSPS) is 22.8. The van der Waals surface area contributed by atoms with Gasteiger partial charge in [-0.05, 0) is 118 Å². The number of aliphatic hydroxyl groups is 1. The van der Waals surface area contributed by atoms with Gasteiger partial charge in [-0.3, -0.25) is 29.3 Å². The minimum absolute atomic E-state index is 0.000226. The lowest BCUT2D eigenvalue weighted by Crippen LogP contribution is -2.49. The number of ether oxygens (including phenoxy) is 2. The number of benzene rings is 4. The molecule has 10 rings (SSSR count). The SMILES string of the molecule is CNC(=O)c1ccc(OCCO)c(F)c1-c1c(Cl)c(F)cc2c1[C@H](C)[C@@](CCNC1CCC(C(=O)N3CCC(CN4CCC(c5ccc6c(N7CCC(=O)NC7=O)nn(C)c6c5)CC4)CC3)CC1)(c1ccccc1)O2. The summed E-state index contributed by atoms with van der Waals surface area (Å²) in [6, 6.07) is 19.8. The molecule has 5 heterocycles. The van der Waals surface area contributed by atoms with Crippen molar-refractivity contribution in [1.29, 1.82) is 0 Å². The Morgan fingerprint density at radius 3 is 2.39 bits per heavy atom. The van der Waals surface area contributed by atoms with E-state index >= 15 is 8.78 Å². The molecule has 4 aromatic carbocycles. The van der Waals surface area contributed by atoms with Gasteiger partial charge in [0.2, 0.25) is 11.8 Å². The molecule has 5 amide bonds. The monoisotopic (exact) mass is 1050 g/mol. The highest BCUT2D eigenvalue weighted by Gasteiger charge is 2.50. The van der Waals surface area contributed by atoms with Crippen molar-refractivity contribution in [2.24, 2.45) is 18.9 Å². The lowest BCUT2D eigenvalue weighted by Gasteiger charge is -2.39. The molecule has 1 aromatic heterocycles.